The van der Waals surface area contributed by atoms with E-state index in [2.05, 4.69) is 15.6 Å². The molecule has 0 spiro atoms. The van der Waals surface area contributed by atoms with Crippen LogP contribution in [0.3, 0.4) is 0 Å². The van der Waals surface area contributed by atoms with Crippen LogP contribution in [-0.4, -0.2) is 36.7 Å². The van der Waals surface area contributed by atoms with E-state index < -0.39 is 0 Å². The molecule has 3 rings (SSSR count). The van der Waals surface area contributed by atoms with Gasteiger partial charge in [-0.15, -0.1) is 12.4 Å². The van der Waals surface area contributed by atoms with Gasteiger partial charge in [-0.2, -0.15) is 0 Å². The lowest BCUT2D eigenvalue weighted by Crippen LogP contribution is -2.40. The maximum Gasteiger partial charge on any atom is 0.237 e. The maximum absolute atomic E-state index is 11.9. The highest BCUT2D eigenvalue weighted by Gasteiger charge is 2.21. The van der Waals surface area contributed by atoms with Crippen molar-refractivity contribution in [1.29, 1.82) is 0 Å². The van der Waals surface area contributed by atoms with Gasteiger partial charge in [0.15, 0.2) is 0 Å². The Bertz CT molecular complexity index is 661. The molecule has 1 unspecified atom stereocenters. The van der Waals surface area contributed by atoms with Gasteiger partial charge in [-0.25, -0.2) is 4.98 Å². The van der Waals surface area contributed by atoms with Crippen molar-refractivity contribution in [3.05, 3.63) is 54.2 Å². The third kappa shape index (κ3) is 6.20. The first kappa shape index (κ1) is 20.0. The molecule has 0 radical (unpaired) electrons. The molecule has 1 aliphatic heterocycles. The zero-order valence-electron chi connectivity index (χ0n) is 14.5. The fourth-order valence-electron chi connectivity index (χ4n) is 2.64. The second-order valence-electron chi connectivity index (χ2n) is 5.88. The van der Waals surface area contributed by atoms with E-state index in [0.717, 1.165) is 30.7 Å². The molecule has 7 heteroatoms. The van der Waals surface area contributed by atoms with E-state index in [4.69, 9.17) is 9.47 Å². The molecule has 1 amide bonds. The lowest BCUT2D eigenvalue weighted by atomic mass is 10.2. The van der Waals surface area contributed by atoms with Gasteiger partial charge < -0.3 is 20.1 Å². The number of amides is 1. The van der Waals surface area contributed by atoms with Crippen molar-refractivity contribution in [1.82, 2.24) is 15.6 Å². The Morgan fingerprint density at radius 1 is 1.15 bits per heavy atom. The van der Waals surface area contributed by atoms with Gasteiger partial charge in [-0.05, 0) is 37.1 Å². The molecule has 0 saturated carbocycles. The number of ether oxygens (including phenoxy) is 2. The molecule has 2 heterocycles. The summed E-state index contributed by atoms with van der Waals surface area (Å²) in [4.78, 5) is 16.2. The molecule has 2 aromatic rings. The van der Waals surface area contributed by atoms with Crippen LogP contribution < -0.4 is 20.1 Å². The molecular weight excluding hydrogens is 354 g/mol. The molecule has 6 nitrogen and oxygen atoms in total. The summed E-state index contributed by atoms with van der Waals surface area (Å²) < 4.78 is 11.1. The van der Waals surface area contributed by atoms with Crippen molar-refractivity contribution < 1.29 is 14.3 Å². The van der Waals surface area contributed by atoms with Crippen molar-refractivity contribution in [2.24, 2.45) is 0 Å². The van der Waals surface area contributed by atoms with E-state index >= 15 is 0 Å². The number of nitrogens with zero attached hydrogens (tertiary/aromatic N) is 1. The minimum atomic E-state index is -0.0554. The van der Waals surface area contributed by atoms with Crippen molar-refractivity contribution in [3.8, 4) is 11.6 Å². The van der Waals surface area contributed by atoms with Gasteiger partial charge in [-0.3, -0.25) is 4.79 Å². The predicted molar refractivity (Wildman–Crippen MR) is 102 cm³/mol. The van der Waals surface area contributed by atoms with Crippen LogP contribution >= 0.6 is 12.4 Å². The largest absolute Gasteiger partial charge is 0.490 e. The van der Waals surface area contributed by atoms with Crippen LogP contribution in [0.5, 0.6) is 11.6 Å². The number of halogens is 1. The summed E-state index contributed by atoms with van der Waals surface area (Å²) in [5.74, 6) is 1.42. The van der Waals surface area contributed by atoms with E-state index in [1.807, 2.05) is 36.4 Å². The fourth-order valence-corrected chi connectivity index (χ4v) is 2.64. The smallest absolute Gasteiger partial charge is 0.237 e. The minimum absolute atomic E-state index is 0. The summed E-state index contributed by atoms with van der Waals surface area (Å²) in [6.45, 7) is 2.27. The molecule has 1 saturated heterocycles. The van der Waals surface area contributed by atoms with Crippen LogP contribution in [0.2, 0.25) is 0 Å². The van der Waals surface area contributed by atoms with Gasteiger partial charge in [0.1, 0.15) is 19.0 Å². The first-order valence-corrected chi connectivity index (χ1v) is 8.58. The normalized spacial score (nSPS) is 15.8. The number of carbonyl (C=O) groups is 1. The molecule has 26 heavy (non-hydrogen) atoms. The van der Waals surface area contributed by atoms with Crippen molar-refractivity contribution in [3.63, 3.8) is 0 Å². The second kappa shape index (κ2) is 10.6. The van der Waals surface area contributed by atoms with Gasteiger partial charge in [0.2, 0.25) is 11.8 Å². The van der Waals surface area contributed by atoms with Gasteiger partial charge in [0.05, 0.1) is 6.04 Å². The Balaban J connectivity index is 0.00000243. The lowest BCUT2D eigenvalue weighted by Gasteiger charge is -2.11. The predicted octanol–water partition coefficient (Wildman–Crippen LogP) is 2.33. The van der Waals surface area contributed by atoms with Gasteiger partial charge in [0, 0.05) is 18.8 Å². The molecule has 140 valence electrons. The third-order valence-corrected chi connectivity index (χ3v) is 3.99. The van der Waals surface area contributed by atoms with E-state index in [0.29, 0.717) is 25.6 Å². The topological polar surface area (TPSA) is 72.5 Å². The van der Waals surface area contributed by atoms with Crippen LogP contribution in [-0.2, 0) is 11.3 Å². The molecule has 0 aliphatic carbocycles. The van der Waals surface area contributed by atoms with E-state index in [-0.39, 0.29) is 24.4 Å². The Morgan fingerprint density at radius 3 is 2.65 bits per heavy atom. The number of carbonyl (C=O) groups excluding carboxylic acids is 1. The van der Waals surface area contributed by atoms with E-state index in [1.165, 1.54) is 0 Å². The Labute approximate surface area is 159 Å². The average molecular weight is 378 g/mol. The van der Waals surface area contributed by atoms with E-state index in [1.54, 1.807) is 12.3 Å². The van der Waals surface area contributed by atoms with E-state index in [9.17, 15) is 4.79 Å². The Kier molecular flexibility index (Phi) is 8.18. The van der Waals surface area contributed by atoms with Crippen molar-refractivity contribution in [2.45, 2.75) is 25.4 Å². The molecule has 1 aliphatic rings. The third-order valence-electron chi connectivity index (χ3n) is 3.99. The standard InChI is InChI=1S/C19H23N3O3.ClH/c23-19(17-7-4-10-20-17)22-14-15-8-9-18(21-13-15)25-12-11-24-16-5-2-1-3-6-16;/h1-3,5-6,8-9,13,17,20H,4,7,10-12,14H2,(H,22,23);1H. The van der Waals surface area contributed by atoms with Crippen LogP contribution in [0, 0.1) is 0 Å². The quantitative estimate of drug-likeness (QED) is 0.691. The van der Waals surface area contributed by atoms with Crippen LogP contribution in [0.4, 0.5) is 0 Å². The van der Waals surface area contributed by atoms with Crippen molar-refractivity contribution in [2.75, 3.05) is 19.8 Å². The van der Waals surface area contributed by atoms with Crippen LogP contribution in [0.1, 0.15) is 18.4 Å². The summed E-state index contributed by atoms with van der Waals surface area (Å²) in [6, 6.07) is 13.3. The number of aromatic nitrogens is 1. The summed E-state index contributed by atoms with van der Waals surface area (Å²) in [5.41, 5.74) is 0.944. The molecule has 1 atom stereocenters. The average Bonchev–Trinajstić information content (AvgIpc) is 3.20. The minimum Gasteiger partial charge on any atom is -0.490 e. The molecular formula is C19H24ClN3O3. The first-order chi connectivity index (χ1) is 12.3. The molecule has 1 aromatic carbocycles. The molecule has 2 N–H and O–H groups in total. The monoisotopic (exact) mass is 377 g/mol. The van der Waals surface area contributed by atoms with Gasteiger partial charge in [0.25, 0.3) is 0 Å². The van der Waals surface area contributed by atoms with Crippen molar-refractivity contribution >= 4 is 18.3 Å². The summed E-state index contributed by atoms with van der Waals surface area (Å²) in [5, 5.41) is 6.11. The first-order valence-electron chi connectivity index (χ1n) is 8.58. The summed E-state index contributed by atoms with van der Waals surface area (Å²) in [7, 11) is 0. The maximum atomic E-state index is 11.9. The Morgan fingerprint density at radius 2 is 1.96 bits per heavy atom. The summed E-state index contributed by atoms with van der Waals surface area (Å²) in [6.07, 6.45) is 3.68. The molecule has 1 aromatic heterocycles. The number of hydrogen-bond donors (Lipinski definition) is 2. The number of benzene rings is 1. The number of para-hydroxylation sites is 1. The SMILES string of the molecule is Cl.O=C(NCc1ccc(OCCOc2ccccc2)nc1)C1CCCN1. The highest BCUT2D eigenvalue weighted by atomic mass is 35.5. The highest BCUT2D eigenvalue weighted by molar-refractivity contribution is 5.85. The fraction of sp³-hybridized carbons (Fsp3) is 0.368. The number of nitrogens with one attached hydrogen (secondary N) is 2. The molecule has 1 fully saturated rings. The zero-order valence-corrected chi connectivity index (χ0v) is 15.3. The molecule has 0 bridgehead atoms. The Hall–Kier alpha value is -2.31. The second-order valence-corrected chi connectivity index (χ2v) is 5.88. The lowest BCUT2D eigenvalue weighted by molar-refractivity contribution is -0.122. The van der Waals surface area contributed by atoms with Gasteiger partial charge >= 0.3 is 0 Å². The van der Waals surface area contributed by atoms with Crippen LogP contribution in [0.15, 0.2) is 48.7 Å². The zero-order chi connectivity index (χ0) is 17.3. The van der Waals surface area contributed by atoms with Gasteiger partial charge in [-0.1, -0.05) is 24.3 Å². The highest BCUT2D eigenvalue weighted by Crippen LogP contribution is 2.10. The number of hydrogen-bond acceptors (Lipinski definition) is 5. The summed E-state index contributed by atoms with van der Waals surface area (Å²) >= 11 is 0. The number of pyridine rings is 1. The number of rotatable bonds is 8. The van der Waals surface area contributed by atoms with Crippen LogP contribution in [0.25, 0.3) is 0 Å².